The van der Waals surface area contributed by atoms with E-state index in [9.17, 15) is 4.79 Å². The van der Waals surface area contributed by atoms with Crippen molar-refractivity contribution in [1.82, 2.24) is 15.5 Å². The normalized spacial score (nSPS) is 10.6. The smallest absolute Gasteiger partial charge is 0.230 e. The molecule has 1 rings (SSSR count). The molecule has 18 heavy (non-hydrogen) atoms. The molecule has 0 saturated heterocycles. The van der Waals surface area contributed by atoms with Gasteiger partial charge in [0.2, 0.25) is 5.91 Å². The third-order valence-electron chi connectivity index (χ3n) is 2.08. The maximum absolute atomic E-state index is 11.5. The molecule has 1 amide bonds. The highest BCUT2D eigenvalue weighted by Gasteiger charge is 2.07. The zero-order valence-corrected chi connectivity index (χ0v) is 13.2. The van der Waals surface area contributed by atoms with Crippen molar-refractivity contribution >= 4 is 40.8 Å². The molecule has 0 unspecified atom stereocenters. The van der Waals surface area contributed by atoms with E-state index in [1.165, 1.54) is 24.6 Å². The summed E-state index contributed by atoms with van der Waals surface area (Å²) in [6, 6.07) is 0. The molecule has 1 aromatic rings. The number of carbonyl (C=O) groups excluding carboxylic acids is 1. The van der Waals surface area contributed by atoms with E-state index < -0.39 is 0 Å². The fourth-order valence-corrected chi connectivity index (χ4v) is 3.97. The third kappa shape index (κ3) is 6.61. The van der Waals surface area contributed by atoms with E-state index in [1.54, 1.807) is 23.1 Å². The first-order chi connectivity index (χ1) is 8.76. The van der Waals surface area contributed by atoms with Gasteiger partial charge in [-0.05, 0) is 12.2 Å². The number of hydrogen-bond donors (Lipinski definition) is 1. The number of nitrogens with zero attached hydrogens (tertiary/aromatic N) is 2. The van der Waals surface area contributed by atoms with E-state index in [-0.39, 0.29) is 5.91 Å². The second-order valence-corrected chi connectivity index (χ2v) is 7.32. The number of nitrogens with one attached hydrogen (secondary N) is 1. The van der Waals surface area contributed by atoms with Gasteiger partial charge in [-0.3, -0.25) is 4.79 Å². The van der Waals surface area contributed by atoms with Crippen LogP contribution in [0.5, 0.6) is 0 Å². The van der Waals surface area contributed by atoms with Crippen molar-refractivity contribution in [3.05, 3.63) is 0 Å². The highest BCUT2D eigenvalue weighted by molar-refractivity contribution is 8.03. The lowest BCUT2D eigenvalue weighted by Gasteiger charge is -2.02. The predicted molar refractivity (Wildman–Crippen MR) is 79.6 cm³/mol. The van der Waals surface area contributed by atoms with Crippen LogP contribution in [0.3, 0.4) is 0 Å². The topological polar surface area (TPSA) is 54.9 Å². The van der Waals surface area contributed by atoms with Gasteiger partial charge >= 0.3 is 0 Å². The van der Waals surface area contributed by atoms with Crippen LogP contribution >= 0.6 is 34.9 Å². The monoisotopic (exact) mass is 305 g/mol. The fraction of sp³-hybridized carbons (Fsp3) is 0.727. The van der Waals surface area contributed by atoms with Crippen LogP contribution in [0.1, 0.15) is 33.1 Å². The number of amides is 1. The molecule has 1 N–H and O–H groups in total. The van der Waals surface area contributed by atoms with E-state index in [2.05, 4.69) is 29.4 Å². The molecule has 1 aromatic heterocycles. The zero-order valence-electron chi connectivity index (χ0n) is 10.8. The van der Waals surface area contributed by atoms with E-state index in [4.69, 9.17) is 0 Å². The van der Waals surface area contributed by atoms with Crippen LogP contribution in [0.15, 0.2) is 8.68 Å². The summed E-state index contributed by atoms with van der Waals surface area (Å²) in [5, 5.41) is 11.0. The molecule has 0 aliphatic rings. The SMILES string of the molecule is CCCCCNC(=O)CSc1nnc(SCC)s1. The third-order valence-corrected chi connectivity index (χ3v) is 5.16. The molecule has 7 heteroatoms. The fourth-order valence-electron chi connectivity index (χ4n) is 1.22. The van der Waals surface area contributed by atoms with Crippen LogP contribution in [-0.2, 0) is 4.79 Å². The Kier molecular flexibility index (Phi) is 8.45. The summed E-state index contributed by atoms with van der Waals surface area (Å²) in [5.41, 5.74) is 0. The van der Waals surface area contributed by atoms with Gasteiger partial charge in [0.1, 0.15) is 0 Å². The Labute approximate surface area is 121 Å². The maximum Gasteiger partial charge on any atom is 0.230 e. The van der Waals surface area contributed by atoms with Gasteiger partial charge in [-0.15, -0.1) is 10.2 Å². The Balaban J connectivity index is 2.16. The van der Waals surface area contributed by atoms with Crippen molar-refractivity contribution in [1.29, 1.82) is 0 Å². The van der Waals surface area contributed by atoms with Crippen molar-refractivity contribution in [3.63, 3.8) is 0 Å². The number of thioether (sulfide) groups is 2. The second kappa shape index (κ2) is 9.63. The first-order valence-electron chi connectivity index (χ1n) is 6.12. The van der Waals surface area contributed by atoms with Crippen molar-refractivity contribution in [2.24, 2.45) is 0 Å². The minimum absolute atomic E-state index is 0.0796. The number of carbonyl (C=O) groups is 1. The molecule has 1 heterocycles. The van der Waals surface area contributed by atoms with Gasteiger partial charge in [-0.1, -0.05) is 61.5 Å². The molecule has 0 radical (unpaired) electrons. The molecule has 0 aliphatic heterocycles. The highest BCUT2D eigenvalue weighted by Crippen LogP contribution is 2.28. The lowest BCUT2D eigenvalue weighted by atomic mass is 10.2. The van der Waals surface area contributed by atoms with Crippen LogP contribution in [0.4, 0.5) is 0 Å². The van der Waals surface area contributed by atoms with Crippen molar-refractivity contribution in [2.45, 2.75) is 41.8 Å². The Morgan fingerprint density at radius 2 is 1.94 bits per heavy atom. The summed E-state index contributed by atoms with van der Waals surface area (Å²) in [7, 11) is 0. The first-order valence-corrected chi connectivity index (χ1v) is 8.90. The summed E-state index contributed by atoms with van der Waals surface area (Å²) in [5.74, 6) is 1.50. The summed E-state index contributed by atoms with van der Waals surface area (Å²) in [6.07, 6.45) is 3.40. The van der Waals surface area contributed by atoms with Gasteiger partial charge in [0.05, 0.1) is 5.75 Å². The standard InChI is InChI=1S/C11H19N3OS3/c1-3-5-6-7-12-9(15)8-17-11-14-13-10(18-11)16-4-2/h3-8H2,1-2H3,(H,12,15). The number of rotatable bonds is 9. The lowest BCUT2D eigenvalue weighted by molar-refractivity contribution is -0.118. The molecule has 0 bridgehead atoms. The summed E-state index contributed by atoms with van der Waals surface area (Å²) in [4.78, 5) is 11.5. The molecular weight excluding hydrogens is 286 g/mol. The second-order valence-electron chi connectivity index (χ2n) is 3.61. The first kappa shape index (κ1) is 15.8. The quantitative estimate of drug-likeness (QED) is 0.561. The Morgan fingerprint density at radius 1 is 1.22 bits per heavy atom. The van der Waals surface area contributed by atoms with E-state index >= 15 is 0 Å². The van der Waals surface area contributed by atoms with Crippen LogP contribution in [-0.4, -0.2) is 34.2 Å². The van der Waals surface area contributed by atoms with Gasteiger partial charge in [-0.2, -0.15) is 0 Å². The molecule has 0 aromatic carbocycles. The average Bonchev–Trinajstić information content (AvgIpc) is 2.80. The highest BCUT2D eigenvalue weighted by atomic mass is 32.2. The Hall–Kier alpha value is -0.270. The predicted octanol–water partition coefficient (Wildman–Crippen LogP) is 3.05. The maximum atomic E-state index is 11.5. The molecule has 0 aliphatic carbocycles. The van der Waals surface area contributed by atoms with Crippen molar-refractivity contribution in [2.75, 3.05) is 18.1 Å². The van der Waals surface area contributed by atoms with Crippen LogP contribution in [0, 0.1) is 0 Å². The van der Waals surface area contributed by atoms with Crippen molar-refractivity contribution in [3.8, 4) is 0 Å². The Bertz CT molecular complexity index is 357. The molecule has 102 valence electrons. The summed E-state index contributed by atoms with van der Waals surface area (Å²) < 4.78 is 1.85. The van der Waals surface area contributed by atoms with E-state index in [0.29, 0.717) is 5.75 Å². The summed E-state index contributed by atoms with van der Waals surface area (Å²) in [6.45, 7) is 5.02. The van der Waals surface area contributed by atoms with E-state index in [0.717, 1.165) is 27.4 Å². The van der Waals surface area contributed by atoms with Crippen LogP contribution in [0.2, 0.25) is 0 Å². The lowest BCUT2D eigenvalue weighted by Crippen LogP contribution is -2.26. The minimum atomic E-state index is 0.0796. The molecule has 0 fully saturated rings. The van der Waals surface area contributed by atoms with Gasteiger partial charge in [-0.25, -0.2) is 0 Å². The van der Waals surface area contributed by atoms with Gasteiger partial charge in [0, 0.05) is 6.54 Å². The minimum Gasteiger partial charge on any atom is -0.355 e. The molecule has 0 saturated carbocycles. The van der Waals surface area contributed by atoms with Gasteiger partial charge in [0.25, 0.3) is 0 Å². The summed E-state index contributed by atoms with van der Waals surface area (Å²) >= 11 is 4.69. The van der Waals surface area contributed by atoms with Crippen molar-refractivity contribution < 1.29 is 4.79 Å². The molecular formula is C11H19N3OS3. The number of hydrogen-bond acceptors (Lipinski definition) is 6. The van der Waals surface area contributed by atoms with E-state index in [1.807, 2.05) is 0 Å². The zero-order chi connectivity index (χ0) is 13.2. The Morgan fingerprint density at radius 3 is 2.61 bits per heavy atom. The van der Waals surface area contributed by atoms with Crippen LogP contribution < -0.4 is 5.32 Å². The van der Waals surface area contributed by atoms with Gasteiger partial charge in [0.15, 0.2) is 8.68 Å². The number of aromatic nitrogens is 2. The van der Waals surface area contributed by atoms with Gasteiger partial charge < -0.3 is 5.32 Å². The largest absolute Gasteiger partial charge is 0.355 e. The average molecular weight is 305 g/mol. The number of unbranched alkanes of at least 4 members (excludes halogenated alkanes) is 2. The van der Waals surface area contributed by atoms with Crippen LogP contribution in [0.25, 0.3) is 0 Å². The molecule has 4 nitrogen and oxygen atoms in total. The molecule has 0 atom stereocenters. The molecule has 0 spiro atoms.